The number of hydrogen-bond donors (Lipinski definition) is 3. The van der Waals surface area contributed by atoms with Crippen molar-refractivity contribution < 1.29 is 28.6 Å². The molecule has 1 aliphatic rings. The van der Waals surface area contributed by atoms with E-state index in [0.717, 1.165) is 22.3 Å². The Hall–Kier alpha value is -4.07. The second kappa shape index (κ2) is 9.82. The third kappa shape index (κ3) is 4.80. The summed E-state index contributed by atoms with van der Waals surface area (Å²) in [5.74, 6) is -1.79. The minimum atomic E-state index is -1.19. The lowest BCUT2D eigenvalue weighted by Crippen LogP contribution is -2.49. The molecular weight excluding hydrogens is 436 g/mol. The second-order valence-electron chi connectivity index (χ2n) is 8.48. The van der Waals surface area contributed by atoms with E-state index in [4.69, 9.17) is 14.3 Å². The van der Waals surface area contributed by atoms with Crippen molar-refractivity contribution in [3.8, 4) is 11.1 Å². The van der Waals surface area contributed by atoms with Gasteiger partial charge in [-0.25, -0.2) is 9.59 Å². The molecular formula is C26H26N2O6. The third-order valence-corrected chi connectivity index (χ3v) is 5.88. The summed E-state index contributed by atoms with van der Waals surface area (Å²) in [5.41, 5.74) is 4.48. The molecule has 8 nitrogen and oxygen atoms in total. The van der Waals surface area contributed by atoms with E-state index >= 15 is 0 Å². The standard InChI is InChI=1S/C26H26N2O6/c1-15(2)23(24(29)27-13-16-11-12-22(34-16)25(30)31)28-26(32)33-14-21-19-9-5-3-7-17(19)18-8-4-6-10-20(18)21/h3-12,15,21,23H,13-14H2,1-2H3,(H,27,29)(H,28,32)(H,30,31)/t23-/m0/s1. The molecule has 176 valence electrons. The van der Waals surface area contributed by atoms with Gasteiger partial charge >= 0.3 is 12.1 Å². The Morgan fingerprint density at radius 1 is 0.971 bits per heavy atom. The van der Waals surface area contributed by atoms with Gasteiger partial charge in [-0.15, -0.1) is 0 Å². The SMILES string of the molecule is CC(C)[C@H](NC(=O)OCC1c2ccccc2-c2ccccc21)C(=O)NCc1ccc(C(=O)O)o1. The number of hydrogen-bond acceptors (Lipinski definition) is 5. The van der Waals surface area contributed by atoms with Crippen LogP contribution in [0, 0.1) is 5.92 Å². The van der Waals surface area contributed by atoms with E-state index in [1.54, 1.807) is 0 Å². The zero-order chi connectivity index (χ0) is 24.2. The van der Waals surface area contributed by atoms with Crippen LogP contribution in [-0.2, 0) is 16.1 Å². The van der Waals surface area contributed by atoms with Crippen LogP contribution in [0.2, 0.25) is 0 Å². The fraction of sp³-hybridized carbons (Fsp3) is 0.269. The van der Waals surface area contributed by atoms with Crippen LogP contribution in [0.4, 0.5) is 4.79 Å². The lowest BCUT2D eigenvalue weighted by molar-refractivity contribution is -0.124. The number of benzene rings is 2. The normalized spacial score (nSPS) is 13.1. The number of carbonyl (C=O) groups excluding carboxylic acids is 2. The van der Waals surface area contributed by atoms with Gasteiger partial charge in [-0.2, -0.15) is 0 Å². The molecule has 4 rings (SSSR count). The summed E-state index contributed by atoms with van der Waals surface area (Å²) in [6.45, 7) is 3.77. The van der Waals surface area contributed by atoms with Gasteiger partial charge in [-0.05, 0) is 40.3 Å². The molecule has 0 saturated heterocycles. The molecule has 3 N–H and O–H groups in total. The highest BCUT2D eigenvalue weighted by atomic mass is 16.5. The van der Waals surface area contributed by atoms with E-state index in [0.29, 0.717) is 5.76 Å². The molecule has 0 aliphatic heterocycles. The van der Waals surface area contributed by atoms with E-state index in [1.165, 1.54) is 12.1 Å². The second-order valence-corrected chi connectivity index (χ2v) is 8.48. The number of ether oxygens (including phenoxy) is 1. The number of aromatic carboxylic acids is 1. The minimum absolute atomic E-state index is 0.00169. The van der Waals surface area contributed by atoms with Crippen LogP contribution in [-0.4, -0.2) is 35.7 Å². The highest BCUT2D eigenvalue weighted by Crippen LogP contribution is 2.44. The Morgan fingerprint density at radius 3 is 2.15 bits per heavy atom. The number of carbonyl (C=O) groups is 3. The first-order valence-corrected chi connectivity index (χ1v) is 11.1. The number of rotatable bonds is 8. The van der Waals surface area contributed by atoms with Crippen molar-refractivity contribution in [3.63, 3.8) is 0 Å². The van der Waals surface area contributed by atoms with Crippen molar-refractivity contribution in [3.05, 3.63) is 83.3 Å². The molecule has 0 fully saturated rings. The smallest absolute Gasteiger partial charge is 0.407 e. The Bertz CT molecular complexity index is 1170. The number of fused-ring (bicyclic) bond motifs is 3. The van der Waals surface area contributed by atoms with Crippen LogP contribution in [0.15, 0.2) is 65.1 Å². The zero-order valence-electron chi connectivity index (χ0n) is 18.9. The van der Waals surface area contributed by atoms with Gasteiger partial charge in [0.15, 0.2) is 0 Å². The summed E-state index contributed by atoms with van der Waals surface area (Å²) in [6.07, 6.45) is -0.679. The fourth-order valence-corrected chi connectivity index (χ4v) is 4.17. The molecule has 1 aliphatic carbocycles. The molecule has 34 heavy (non-hydrogen) atoms. The van der Waals surface area contributed by atoms with Gasteiger partial charge in [-0.1, -0.05) is 62.4 Å². The van der Waals surface area contributed by atoms with Crippen molar-refractivity contribution in [2.75, 3.05) is 6.61 Å². The maximum atomic E-state index is 12.7. The van der Waals surface area contributed by atoms with Crippen molar-refractivity contribution in [2.24, 2.45) is 5.92 Å². The van der Waals surface area contributed by atoms with E-state index in [1.807, 2.05) is 50.2 Å². The predicted molar refractivity (Wildman–Crippen MR) is 124 cm³/mol. The van der Waals surface area contributed by atoms with Crippen molar-refractivity contribution in [1.82, 2.24) is 10.6 Å². The third-order valence-electron chi connectivity index (χ3n) is 5.88. The zero-order valence-corrected chi connectivity index (χ0v) is 18.9. The Kier molecular flexibility index (Phi) is 6.67. The average Bonchev–Trinajstić information content (AvgIpc) is 3.43. The molecule has 1 aromatic heterocycles. The van der Waals surface area contributed by atoms with Gasteiger partial charge in [0.25, 0.3) is 0 Å². The van der Waals surface area contributed by atoms with E-state index in [2.05, 4.69) is 22.8 Å². The van der Waals surface area contributed by atoms with Crippen LogP contribution >= 0.6 is 0 Å². The van der Waals surface area contributed by atoms with Crippen molar-refractivity contribution >= 4 is 18.0 Å². The number of alkyl carbamates (subject to hydrolysis) is 1. The molecule has 1 heterocycles. The summed E-state index contributed by atoms with van der Waals surface area (Å²) in [6, 6.07) is 18.1. The quantitative estimate of drug-likeness (QED) is 0.463. The Morgan fingerprint density at radius 2 is 1.59 bits per heavy atom. The van der Waals surface area contributed by atoms with Crippen LogP contribution in [0.25, 0.3) is 11.1 Å². The van der Waals surface area contributed by atoms with Crippen LogP contribution in [0.5, 0.6) is 0 Å². The number of amides is 2. The van der Waals surface area contributed by atoms with Gasteiger partial charge < -0.3 is 24.9 Å². The molecule has 3 aromatic rings. The summed E-state index contributed by atoms with van der Waals surface area (Å²) in [5, 5.41) is 14.2. The maximum absolute atomic E-state index is 12.7. The molecule has 8 heteroatoms. The molecule has 0 unspecified atom stereocenters. The number of carboxylic acids is 1. The Labute approximate surface area is 196 Å². The first-order chi connectivity index (χ1) is 16.3. The van der Waals surface area contributed by atoms with Crippen molar-refractivity contribution in [1.29, 1.82) is 0 Å². The van der Waals surface area contributed by atoms with E-state index in [-0.39, 0.29) is 30.7 Å². The number of carboxylic acid groups (broad SMARTS) is 1. The Balaban J connectivity index is 1.36. The topological polar surface area (TPSA) is 118 Å². The lowest BCUT2D eigenvalue weighted by Gasteiger charge is -2.22. The molecule has 0 saturated carbocycles. The highest BCUT2D eigenvalue weighted by molar-refractivity contribution is 5.86. The van der Waals surface area contributed by atoms with Gasteiger partial charge in [0.2, 0.25) is 11.7 Å². The first kappa shape index (κ1) is 23.1. The molecule has 1 atom stereocenters. The first-order valence-electron chi connectivity index (χ1n) is 11.1. The van der Waals surface area contributed by atoms with Gasteiger partial charge in [0.05, 0.1) is 6.54 Å². The van der Waals surface area contributed by atoms with Crippen molar-refractivity contribution in [2.45, 2.75) is 32.4 Å². The van der Waals surface area contributed by atoms with Gasteiger partial charge in [0, 0.05) is 5.92 Å². The molecule has 0 bridgehead atoms. The lowest BCUT2D eigenvalue weighted by atomic mass is 9.98. The summed E-state index contributed by atoms with van der Waals surface area (Å²) in [4.78, 5) is 36.2. The van der Waals surface area contributed by atoms with Gasteiger partial charge in [-0.3, -0.25) is 4.79 Å². The average molecular weight is 463 g/mol. The molecule has 0 spiro atoms. The van der Waals surface area contributed by atoms with Gasteiger partial charge in [0.1, 0.15) is 18.4 Å². The monoisotopic (exact) mass is 462 g/mol. The van der Waals surface area contributed by atoms with Crippen LogP contribution < -0.4 is 10.6 Å². The summed E-state index contributed by atoms with van der Waals surface area (Å²) in [7, 11) is 0. The highest BCUT2D eigenvalue weighted by Gasteiger charge is 2.30. The largest absolute Gasteiger partial charge is 0.475 e. The minimum Gasteiger partial charge on any atom is -0.475 e. The summed E-state index contributed by atoms with van der Waals surface area (Å²) >= 11 is 0. The van der Waals surface area contributed by atoms with E-state index < -0.39 is 24.0 Å². The summed E-state index contributed by atoms with van der Waals surface area (Å²) < 4.78 is 10.7. The maximum Gasteiger partial charge on any atom is 0.407 e. The molecule has 0 radical (unpaired) electrons. The number of furan rings is 1. The van der Waals surface area contributed by atoms with Crippen LogP contribution in [0.1, 0.15) is 47.2 Å². The molecule has 2 amide bonds. The predicted octanol–water partition coefficient (Wildman–Crippen LogP) is 4.16. The fourth-order valence-electron chi connectivity index (χ4n) is 4.17. The van der Waals surface area contributed by atoms with E-state index in [9.17, 15) is 14.4 Å². The molecule has 2 aromatic carbocycles. The van der Waals surface area contributed by atoms with Crippen LogP contribution in [0.3, 0.4) is 0 Å². The number of nitrogens with one attached hydrogen (secondary N) is 2.